The standard InChI is InChI=1S/C23H23ClN2O/c1-17-12-13-20(24)15-21(17)26-23(27)16-25-22(19-10-6-3-7-11-19)14-18-8-4-2-5-9-18/h2-13,15,22,25H,14,16H2,1H3,(H,26,27). The Kier molecular flexibility index (Phi) is 6.64. The molecule has 1 atom stereocenters. The van der Waals surface area contributed by atoms with Crippen molar-refractivity contribution in [3.05, 3.63) is 101 Å². The summed E-state index contributed by atoms with van der Waals surface area (Å²) in [6.45, 7) is 2.17. The van der Waals surface area contributed by atoms with Gasteiger partial charge in [-0.2, -0.15) is 0 Å². The second kappa shape index (κ2) is 9.36. The number of nitrogens with one attached hydrogen (secondary N) is 2. The number of carbonyl (C=O) groups is 1. The molecule has 3 aromatic rings. The Balaban J connectivity index is 1.67. The highest BCUT2D eigenvalue weighted by Gasteiger charge is 2.14. The molecule has 0 saturated heterocycles. The predicted molar refractivity (Wildman–Crippen MR) is 112 cm³/mol. The van der Waals surface area contributed by atoms with Crippen LogP contribution in [-0.2, 0) is 11.2 Å². The predicted octanol–water partition coefficient (Wildman–Crippen LogP) is 5.16. The molecule has 0 spiro atoms. The largest absolute Gasteiger partial charge is 0.325 e. The fourth-order valence-electron chi connectivity index (χ4n) is 2.98. The molecule has 1 unspecified atom stereocenters. The molecule has 3 rings (SSSR count). The zero-order chi connectivity index (χ0) is 19.1. The molecular formula is C23H23ClN2O. The Morgan fingerprint density at radius 1 is 0.963 bits per heavy atom. The highest BCUT2D eigenvalue weighted by molar-refractivity contribution is 6.31. The summed E-state index contributed by atoms with van der Waals surface area (Å²) in [5, 5.41) is 6.94. The van der Waals surface area contributed by atoms with Crippen LogP contribution < -0.4 is 10.6 Å². The van der Waals surface area contributed by atoms with Crippen molar-refractivity contribution in [2.45, 2.75) is 19.4 Å². The number of anilines is 1. The van der Waals surface area contributed by atoms with Gasteiger partial charge in [-0.1, -0.05) is 78.3 Å². The quantitative estimate of drug-likeness (QED) is 0.596. The molecule has 0 aliphatic heterocycles. The van der Waals surface area contributed by atoms with Gasteiger partial charge in [0.1, 0.15) is 0 Å². The molecule has 0 aliphatic carbocycles. The molecular weight excluding hydrogens is 356 g/mol. The maximum Gasteiger partial charge on any atom is 0.238 e. The van der Waals surface area contributed by atoms with E-state index < -0.39 is 0 Å². The first-order valence-electron chi connectivity index (χ1n) is 9.00. The maximum atomic E-state index is 12.4. The van der Waals surface area contributed by atoms with Crippen LogP contribution in [0.3, 0.4) is 0 Å². The summed E-state index contributed by atoms with van der Waals surface area (Å²) in [6, 6.07) is 26.0. The molecule has 27 heavy (non-hydrogen) atoms. The minimum atomic E-state index is -0.0886. The molecule has 0 aromatic heterocycles. The smallest absolute Gasteiger partial charge is 0.238 e. The first-order chi connectivity index (χ1) is 13.1. The number of aryl methyl sites for hydroxylation is 1. The van der Waals surface area contributed by atoms with Crippen molar-refractivity contribution >= 4 is 23.2 Å². The topological polar surface area (TPSA) is 41.1 Å². The summed E-state index contributed by atoms with van der Waals surface area (Å²) in [5.41, 5.74) is 4.11. The van der Waals surface area contributed by atoms with Crippen LogP contribution >= 0.6 is 11.6 Å². The number of carbonyl (C=O) groups excluding carboxylic acids is 1. The summed E-state index contributed by atoms with van der Waals surface area (Å²) < 4.78 is 0. The SMILES string of the molecule is Cc1ccc(Cl)cc1NC(=O)CNC(Cc1ccccc1)c1ccccc1. The summed E-state index contributed by atoms with van der Waals surface area (Å²) in [6.07, 6.45) is 0.814. The van der Waals surface area contributed by atoms with E-state index >= 15 is 0 Å². The Morgan fingerprint density at radius 3 is 2.33 bits per heavy atom. The van der Waals surface area contributed by atoms with Gasteiger partial charge in [-0.15, -0.1) is 0 Å². The van der Waals surface area contributed by atoms with Gasteiger partial charge in [0.25, 0.3) is 0 Å². The van der Waals surface area contributed by atoms with Crippen molar-refractivity contribution in [1.82, 2.24) is 5.32 Å². The van der Waals surface area contributed by atoms with Gasteiger partial charge >= 0.3 is 0 Å². The zero-order valence-corrected chi connectivity index (χ0v) is 16.0. The van der Waals surface area contributed by atoms with Crippen molar-refractivity contribution in [2.75, 3.05) is 11.9 Å². The van der Waals surface area contributed by atoms with Crippen LogP contribution in [0.5, 0.6) is 0 Å². The van der Waals surface area contributed by atoms with E-state index in [2.05, 4.69) is 34.9 Å². The lowest BCUT2D eigenvalue weighted by molar-refractivity contribution is -0.115. The molecule has 0 aliphatic rings. The van der Waals surface area contributed by atoms with E-state index in [-0.39, 0.29) is 18.5 Å². The molecule has 3 aromatic carbocycles. The van der Waals surface area contributed by atoms with Crippen molar-refractivity contribution < 1.29 is 4.79 Å². The van der Waals surface area contributed by atoms with Gasteiger partial charge in [0.2, 0.25) is 5.91 Å². The Bertz CT molecular complexity index is 881. The first-order valence-corrected chi connectivity index (χ1v) is 9.38. The number of hydrogen-bond acceptors (Lipinski definition) is 2. The van der Waals surface area contributed by atoms with Crippen LogP contribution in [-0.4, -0.2) is 12.5 Å². The van der Waals surface area contributed by atoms with Crippen molar-refractivity contribution in [1.29, 1.82) is 0 Å². The van der Waals surface area contributed by atoms with E-state index in [1.807, 2.05) is 55.5 Å². The van der Waals surface area contributed by atoms with E-state index in [4.69, 9.17) is 11.6 Å². The number of hydrogen-bond donors (Lipinski definition) is 2. The van der Waals surface area contributed by atoms with E-state index in [1.54, 1.807) is 6.07 Å². The van der Waals surface area contributed by atoms with Crippen molar-refractivity contribution in [3.63, 3.8) is 0 Å². The summed E-state index contributed by atoms with van der Waals surface area (Å²) in [4.78, 5) is 12.4. The maximum absolute atomic E-state index is 12.4. The fraction of sp³-hybridized carbons (Fsp3) is 0.174. The Morgan fingerprint density at radius 2 is 1.63 bits per heavy atom. The third kappa shape index (κ3) is 5.68. The highest BCUT2D eigenvalue weighted by atomic mass is 35.5. The van der Waals surface area contributed by atoms with Crippen LogP contribution in [0.4, 0.5) is 5.69 Å². The number of amides is 1. The van der Waals surface area contributed by atoms with E-state index in [0.717, 1.165) is 23.2 Å². The van der Waals surface area contributed by atoms with Crippen LogP contribution in [0, 0.1) is 6.92 Å². The first kappa shape index (κ1) is 19.2. The third-order valence-corrected chi connectivity index (χ3v) is 4.70. The molecule has 2 N–H and O–H groups in total. The summed E-state index contributed by atoms with van der Waals surface area (Å²) in [5.74, 6) is -0.0886. The second-order valence-electron chi connectivity index (χ2n) is 6.54. The Labute approximate surface area is 165 Å². The van der Waals surface area contributed by atoms with Gasteiger partial charge in [0, 0.05) is 16.8 Å². The molecule has 0 fully saturated rings. The van der Waals surface area contributed by atoms with Crippen LogP contribution in [0.25, 0.3) is 0 Å². The molecule has 0 bridgehead atoms. The lowest BCUT2D eigenvalue weighted by atomic mass is 9.99. The molecule has 1 amide bonds. The third-order valence-electron chi connectivity index (χ3n) is 4.47. The van der Waals surface area contributed by atoms with E-state index in [0.29, 0.717) is 5.02 Å². The van der Waals surface area contributed by atoms with Crippen LogP contribution in [0.1, 0.15) is 22.7 Å². The monoisotopic (exact) mass is 378 g/mol. The normalized spacial score (nSPS) is 11.8. The van der Waals surface area contributed by atoms with Crippen LogP contribution in [0.15, 0.2) is 78.9 Å². The molecule has 0 heterocycles. The van der Waals surface area contributed by atoms with Gasteiger partial charge in [-0.05, 0) is 42.2 Å². The number of halogens is 1. The average Bonchev–Trinajstić information content (AvgIpc) is 2.69. The van der Waals surface area contributed by atoms with Gasteiger partial charge < -0.3 is 10.6 Å². The number of benzene rings is 3. The van der Waals surface area contributed by atoms with Gasteiger partial charge in [-0.3, -0.25) is 4.79 Å². The van der Waals surface area contributed by atoms with Crippen molar-refractivity contribution in [3.8, 4) is 0 Å². The number of rotatable bonds is 7. The summed E-state index contributed by atoms with van der Waals surface area (Å²) in [7, 11) is 0. The van der Waals surface area contributed by atoms with E-state index in [1.165, 1.54) is 5.56 Å². The summed E-state index contributed by atoms with van der Waals surface area (Å²) >= 11 is 6.03. The van der Waals surface area contributed by atoms with Crippen molar-refractivity contribution in [2.24, 2.45) is 0 Å². The molecule has 3 nitrogen and oxygen atoms in total. The van der Waals surface area contributed by atoms with Gasteiger partial charge in [-0.25, -0.2) is 0 Å². The highest BCUT2D eigenvalue weighted by Crippen LogP contribution is 2.21. The zero-order valence-electron chi connectivity index (χ0n) is 15.3. The van der Waals surface area contributed by atoms with E-state index in [9.17, 15) is 4.79 Å². The minimum Gasteiger partial charge on any atom is -0.325 e. The lowest BCUT2D eigenvalue weighted by Gasteiger charge is -2.19. The average molecular weight is 379 g/mol. The lowest BCUT2D eigenvalue weighted by Crippen LogP contribution is -2.32. The molecule has 138 valence electrons. The molecule has 4 heteroatoms. The van der Waals surface area contributed by atoms with Gasteiger partial charge in [0.15, 0.2) is 0 Å². The minimum absolute atomic E-state index is 0.0554. The molecule has 0 saturated carbocycles. The van der Waals surface area contributed by atoms with Gasteiger partial charge in [0.05, 0.1) is 6.54 Å². The van der Waals surface area contributed by atoms with Crippen LogP contribution in [0.2, 0.25) is 5.02 Å². The Hall–Kier alpha value is -2.62. The fourth-order valence-corrected chi connectivity index (χ4v) is 3.15. The molecule has 0 radical (unpaired) electrons. The second-order valence-corrected chi connectivity index (χ2v) is 6.98.